The molecule has 1 aliphatic heterocycles. The highest BCUT2D eigenvalue weighted by Crippen LogP contribution is 2.13. The van der Waals surface area contributed by atoms with Crippen molar-refractivity contribution < 1.29 is 9.53 Å². The first-order chi connectivity index (χ1) is 10.2. The van der Waals surface area contributed by atoms with Gasteiger partial charge in [0.05, 0.1) is 19.3 Å². The summed E-state index contributed by atoms with van der Waals surface area (Å²) in [5.41, 5.74) is 4.48. The number of carbonyl (C=O) groups is 1. The summed E-state index contributed by atoms with van der Waals surface area (Å²) in [7, 11) is 2.77. The molecule has 0 unspecified atom stereocenters. The van der Waals surface area contributed by atoms with Crippen LogP contribution >= 0.6 is 0 Å². The van der Waals surface area contributed by atoms with E-state index in [-0.39, 0.29) is 35.9 Å². The Kier molecular flexibility index (Phi) is 4.52. The van der Waals surface area contributed by atoms with Crippen molar-refractivity contribution in [1.82, 2.24) is 14.0 Å². The zero-order valence-electron chi connectivity index (χ0n) is 13.3. The lowest BCUT2D eigenvalue weighted by molar-refractivity contribution is -0.0460. The number of Topliss-reactive ketones (excluding diaryl/α,β-unsaturated/α-hetero) is 1. The maximum atomic E-state index is 12.5. The third-order valence-corrected chi connectivity index (χ3v) is 4.07. The fourth-order valence-corrected chi connectivity index (χ4v) is 2.58. The van der Waals surface area contributed by atoms with Crippen molar-refractivity contribution in [2.24, 2.45) is 14.1 Å². The van der Waals surface area contributed by atoms with E-state index < -0.39 is 11.2 Å². The summed E-state index contributed by atoms with van der Waals surface area (Å²) < 4.78 is 7.53. The van der Waals surface area contributed by atoms with E-state index in [1.54, 1.807) is 0 Å². The van der Waals surface area contributed by atoms with Gasteiger partial charge in [0.15, 0.2) is 5.78 Å². The second-order valence-electron chi connectivity index (χ2n) is 5.81. The first-order valence-corrected chi connectivity index (χ1v) is 7.18. The lowest BCUT2D eigenvalue weighted by Crippen LogP contribution is -2.50. The fraction of sp³-hybridized carbons (Fsp3) is 0.643. The van der Waals surface area contributed by atoms with Crippen LogP contribution in [-0.4, -0.2) is 51.7 Å². The lowest BCUT2D eigenvalue weighted by Gasteiger charge is -2.36. The van der Waals surface area contributed by atoms with E-state index in [4.69, 9.17) is 10.5 Å². The molecule has 2 heterocycles. The predicted octanol–water partition coefficient (Wildman–Crippen LogP) is -1.04. The van der Waals surface area contributed by atoms with Crippen LogP contribution in [0.3, 0.4) is 0 Å². The first-order valence-electron chi connectivity index (χ1n) is 7.18. The molecule has 1 saturated heterocycles. The van der Waals surface area contributed by atoms with E-state index >= 15 is 0 Å². The zero-order valence-corrected chi connectivity index (χ0v) is 13.3. The minimum atomic E-state index is -0.653. The molecule has 0 spiro atoms. The Hall–Kier alpha value is -1.93. The molecule has 2 atom stereocenters. The molecule has 0 saturated carbocycles. The number of hydrogen-bond acceptors (Lipinski definition) is 6. The van der Waals surface area contributed by atoms with E-state index in [9.17, 15) is 14.4 Å². The van der Waals surface area contributed by atoms with Gasteiger partial charge >= 0.3 is 5.69 Å². The number of nitrogens with zero attached hydrogens (tertiary/aromatic N) is 3. The summed E-state index contributed by atoms with van der Waals surface area (Å²) in [5, 5.41) is 0. The maximum absolute atomic E-state index is 12.5. The molecule has 2 N–H and O–H groups in total. The normalized spacial score (nSPS) is 22.7. The van der Waals surface area contributed by atoms with Gasteiger partial charge in [0.1, 0.15) is 11.4 Å². The highest BCUT2D eigenvalue weighted by molar-refractivity contribution is 6.01. The largest absolute Gasteiger partial charge is 0.384 e. The highest BCUT2D eigenvalue weighted by Gasteiger charge is 2.28. The van der Waals surface area contributed by atoms with Crippen molar-refractivity contribution >= 4 is 11.6 Å². The van der Waals surface area contributed by atoms with Gasteiger partial charge < -0.3 is 10.5 Å². The molecule has 1 fully saturated rings. The molecule has 0 bridgehead atoms. The zero-order chi connectivity index (χ0) is 16.6. The summed E-state index contributed by atoms with van der Waals surface area (Å²) in [6, 6.07) is 0.0813. The smallest absolute Gasteiger partial charge is 0.332 e. The van der Waals surface area contributed by atoms with Crippen molar-refractivity contribution in [2.75, 3.05) is 25.4 Å². The van der Waals surface area contributed by atoms with Crippen LogP contribution in [-0.2, 0) is 18.8 Å². The highest BCUT2D eigenvalue weighted by atomic mass is 16.5. The minimum absolute atomic E-state index is 0.0318. The number of carbonyl (C=O) groups excluding carboxylic acids is 1. The van der Waals surface area contributed by atoms with Crippen molar-refractivity contribution in [1.29, 1.82) is 0 Å². The van der Waals surface area contributed by atoms with Crippen molar-refractivity contribution in [3.05, 3.63) is 26.4 Å². The Morgan fingerprint density at radius 1 is 1.27 bits per heavy atom. The number of nitrogens with two attached hydrogens (primary N) is 1. The summed E-state index contributed by atoms with van der Waals surface area (Å²) >= 11 is 0. The second kappa shape index (κ2) is 6.05. The molecule has 8 heteroatoms. The van der Waals surface area contributed by atoms with E-state index in [1.165, 1.54) is 14.1 Å². The first kappa shape index (κ1) is 16.4. The fourth-order valence-electron chi connectivity index (χ4n) is 2.58. The van der Waals surface area contributed by atoms with Crippen LogP contribution < -0.4 is 17.0 Å². The Morgan fingerprint density at radius 3 is 2.55 bits per heavy atom. The van der Waals surface area contributed by atoms with E-state index in [0.29, 0.717) is 13.2 Å². The molecular weight excluding hydrogens is 288 g/mol. The van der Waals surface area contributed by atoms with E-state index in [0.717, 1.165) is 9.13 Å². The third-order valence-electron chi connectivity index (χ3n) is 4.07. The Balaban J connectivity index is 2.35. The Morgan fingerprint density at radius 2 is 1.91 bits per heavy atom. The quantitative estimate of drug-likeness (QED) is 0.716. The monoisotopic (exact) mass is 310 g/mol. The van der Waals surface area contributed by atoms with Crippen LogP contribution in [0.4, 0.5) is 5.82 Å². The molecule has 0 radical (unpaired) electrons. The average molecular weight is 310 g/mol. The van der Waals surface area contributed by atoms with Gasteiger partial charge in [0, 0.05) is 26.7 Å². The van der Waals surface area contributed by atoms with Crippen LogP contribution in [0.5, 0.6) is 0 Å². The topological polar surface area (TPSA) is 99.6 Å². The number of aromatic nitrogens is 2. The number of ether oxygens (including phenoxy) is 1. The Bertz CT molecular complexity index is 706. The molecule has 0 aromatic carbocycles. The second-order valence-corrected chi connectivity index (χ2v) is 5.81. The molecule has 1 aromatic rings. The van der Waals surface area contributed by atoms with Gasteiger partial charge in [0.2, 0.25) is 0 Å². The third kappa shape index (κ3) is 2.84. The maximum Gasteiger partial charge on any atom is 0.332 e. The van der Waals surface area contributed by atoms with Gasteiger partial charge in [-0.05, 0) is 13.8 Å². The van der Waals surface area contributed by atoms with Gasteiger partial charge in [0.25, 0.3) is 5.56 Å². The van der Waals surface area contributed by atoms with Gasteiger partial charge in [-0.15, -0.1) is 0 Å². The molecule has 1 aromatic heterocycles. The van der Waals surface area contributed by atoms with Crippen LogP contribution in [0.15, 0.2) is 9.59 Å². The SMILES string of the molecule is C[C@@H]1CN(CC(=O)c2c(N)n(C)c(=O)n(C)c2=O)[C@@H](C)CO1. The molecule has 22 heavy (non-hydrogen) atoms. The van der Waals surface area contributed by atoms with Crippen LogP contribution in [0.1, 0.15) is 24.2 Å². The number of ketones is 1. The molecule has 8 nitrogen and oxygen atoms in total. The molecule has 2 rings (SSSR count). The average Bonchev–Trinajstić information content (AvgIpc) is 2.47. The summed E-state index contributed by atoms with van der Waals surface area (Å²) in [5.74, 6) is -0.471. The van der Waals surface area contributed by atoms with Crippen molar-refractivity contribution in [3.63, 3.8) is 0 Å². The molecule has 1 aliphatic rings. The lowest BCUT2D eigenvalue weighted by atomic mass is 10.1. The Labute approximate surface area is 128 Å². The standard InChI is InChI=1S/C14H22N4O4/c1-8-7-22-9(2)5-18(8)6-10(19)11-12(15)16(3)14(21)17(4)13(11)20/h8-9H,5-7,15H2,1-4H3/t8-,9+/m0/s1. The molecular formula is C14H22N4O4. The van der Waals surface area contributed by atoms with Crippen LogP contribution in [0.2, 0.25) is 0 Å². The predicted molar refractivity (Wildman–Crippen MR) is 82.1 cm³/mol. The van der Waals surface area contributed by atoms with Gasteiger partial charge in [-0.2, -0.15) is 0 Å². The minimum Gasteiger partial charge on any atom is -0.384 e. The van der Waals surface area contributed by atoms with Crippen LogP contribution in [0.25, 0.3) is 0 Å². The summed E-state index contributed by atoms with van der Waals surface area (Å²) in [6.45, 7) is 5.12. The molecule has 122 valence electrons. The number of hydrogen-bond donors (Lipinski definition) is 1. The van der Waals surface area contributed by atoms with Crippen molar-refractivity contribution in [2.45, 2.75) is 26.0 Å². The summed E-state index contributed by atoms with van der Waals surface area (Å²) in [6.07, 6.45) is 0.0318. The van der Waals surface area contributed by atoms with Crippen LogP contribution in [0, 0.1) is 0 Å². The van der Waals surface area contributed by atoms with Crippen molar-refractivity contribution in [3.8, 4) is 0 Å². The number of anilines is 1. The van der Waals surface area contributed by atoms with E-state index in [2.05, 4.69) is 0 Å². The number of rotatable bonds is 3. The molecule has 0 aliphatic carbocycles. The number of nitrogen functional groups attached to an aromatic ring is 1. The van der Waals surface area contributed by atoms with E-state index in [1.807, 2.05) is 18.7 Å². The van der Waals surface area contributed by atoms with Gasteiger partial charge in [-0.1, -0.05) is 0 Å². The summed E-state index contributed by atoms with van der Waals surface area (Å²) in [4.78, 5) is 38.5. The van der Waals surface area contributed by atoms with Gasteiger partial charge in [-0.25, -0.2) is 4.79 Å². The van der Waals surface area contributed by atoms with Gasteiger partial charge in [-0.3, -0.25) is 23.6 Å². The molecule has 0 amide bonds. The number of morpholine rings is 1.